The summed E-state index contributed by atoms with van der Waals surface area (Å²) >= 11 is 0. The van der Waals surface area contributed by atoms with Crippen LogP contribution in [0.15, 0.2) is 77.7 Å². The molecule has 1 amide bonds. The zero-order valence-corrected chi connectivity index (χ0v) is 21.0. The first-order valence-corrected chi connectivity index (χ1v) is 13.1. The van der Waals surface area contributed by atoms with Crippen molar-refractivity contribution in [2.75, 3.05) is 5.75 Å². The number of halogens is 3. The van der Waals surface area contributed by atoms with Crippen molar-refractivity contribution in [1.29, 1.82) is 0 Å². The van der Waals surface area contributed by atoms with Gasteiger partial charge in [0.25, 0.3) is 5.91 Å². The van der Waals surface area contributed by atoms with Gasteiger partial charge in [0.1, 0.15) is 5.75 Å². The van der Waals surface area contributed by atoms with Crippen LogP contribution in [-0.4, -0.2) is 31.0 Å². The minimum atomic E-state index is -4.73. The van der Waals surface area contributed by atoms with E-state index >= 15 is 0 Å². The molecule has 37 heavy (non-hydrogen) atoms. The average molecular weight is 531 g/mol. The summed E-state index contributed by atoms with van der Waals surface area (Å²) in [4.78, 5) is 13.0. The number of nitrogens with zero attached hydrogens (tertiary/aromatic N) is 1. The fraction of sp³-hybridized carbons (Fsp3) is 0.222. The van der Waals surface area contributed by atoms with Gasteiger partial charge in [-0.1, -0.05) is 31.2 Å². The highest BCUT2D eigenvalue weighted by Crippen LogP contribution is 2.25. The predicted octanol–water partition coefficient (Wildman–Crippen LogP) is 5.39. The third kappa shape index (κ3) is 6.32. The van der Waals surface area contributed by atoms with Crippen LogP contribution in [0, 0.1) is 0 Å². The van der Waals surface area contributed by atoms with E-state index in [-0.39, 0.29) is 28.8 Å². The van der Waals surface area contributed by atoms with Gasteiger partial charge in [-0.2, -0.15) is 0 Å². The number of nitrogens with one attached hydrogen (secondary N) is 1. The Bertz CT molecular complexity index is 1530. The average Bonchev–Trinajstić information content (AvgIpc) is 3.17. The smallest absolute Gasteiger partial charge is 0.406 e. The van der Waals surface area contributed by atoms with Gasteiger partial charge < -0.3 is 14.6 Å². The number of carbonyl (C=O) groups is 1. The van der Waals surface area contributed by atoms with E-state index in [4.69, 9.17) is 0 Å². The SMILES string of the molecule is CCS(=O)(=O)c1ccc(CNC(=O)c2ccc3c(c2)cc(Cc2ccc(OC(F)(F)F)cc2)n3C)cc1. The van der Waals surface area contributed by atoms with Crippen LogP contribution in [0.2, 0.25) is 0 Å². The monoisotopic (exact) mass is 530 g/mol. The lowest BCUT2D eigenvalue weighted by atomic mass is 10.1. The van der Waals surface area contributed by atoms with Crippen molar-refractivity contribution in [2.45, 2.75) is 31.1 Å². The van der Waals surface area contributed by atoms with Gasteiger partial charge in [0.15, 0.2) is 9.84 Å². The van der Waals surface area contributed by atoms with Crippen molar-refractivity contribution in [3.63, 3.8) is 0 Å². The molecule has 0 aliphatic carbocycles. The fourth-order valence-corrected chi connectivity index (χ4v) is 4.89. The van der Waals surface area contributed by atoms with Gasteiger partial charge in [0.2, 0.25) is 0 Å². The van der Waals surface area contributed by atoms with E-state index in [0.717, 1.165) is 27.7 Å². The molecule has 4 aromatic rings. The van der Waals surface area contributed by atoms with Gasteiger partial charge in [-0.25, -0.2) is 8.42 Å². The molecule has 0 unspecified atom stereocenters. The molecule has 0 atom stereocenters. The van der Waals surface area contributed by atoms with Gasteiger partial charge in [-0.15, -0.1) is 13.2 Å². The normalized spacial score (nSPS) is 12.0. The Balaban J connectivity index is 1.44. The zero-order chi connectivity index (χ0) is 26.8. The second-order valence-corrected chi connectivity index (χ2v) is 10.8. The Hall–Kier alpha value is -3.79. The molecule has 3 aromatic carbocycles. The molecule has 0 fully saturated rings. The van der Waals surface area contributed by atoms with Crippen LogP contribution in [0.5, 0.6) is 5.75 Å². The topological polar surface area (TPSA) is 77.4 Å². The predicted molar refractivity (Wildman–Crippen MR) is 134 cm³/mol. The third-order valence-corrected chi connectivity index (χ3v) is 7.81. The number of aromatic nitrogens is 1. The zero-order valence-electron chi connectivity index (χ0n) is 20.2. The number of amides is 1. The number of sulfone groups is 1. The van der Waals surface area contributed by atoms with Crippen molar-refractivity contribution in [3.05, 3.63) is 95.2 Å². The number of rotatable bonds is 8. The van der Waals surface area contributed by atoms with Crippen LogP contribution < -0.4 is 10.1 Å². The molecule has 4 rings (SSSR count). The number of hydrogen-bond acceptors (Lipinski definition) is 4. The Kier molecular flexibility index (Phi) is 7.31. The number of ether oxygens (including phenoxy) is 1. The van der Waals surface area contributed by atoms with Crippen molar-refractivity contribution in [2.24, 2.45) is 7.05 Å². The van der Waals surface area contributed by atoms with Crippen LogP contribution in [0.3, 0.4) is 0 Å². The van der Waals surface area contributed by atoms with E-state index < -0.39 is 16.2 Å². The summed E-state index contributed by atoms with van der Waals surface area (Å²) in [5.74, 6) is -0.514. The molecular weight excluding hydrogens is 505 g/mol. The second-order valence-electron chi connectivity index (χ2n) is 8.57. The highest BCUT2D eigenvalue weighted by molar-refractivity contribution is 7.91. The Labute approximate surface area is 212 Å². The van der Waals surface area contributed by atoms with Gasteiger partial charge in [-0.3, -0.25) is 4.79 Å². The van der Waals surface area contributed by atoms with E-state index in [1.807, 2.05) is 23.7 Å². The summed E-state index contributed by atoms with van der Waals surface area (Å²) in [6.45, 7) is 1.84. The summed E-state index contributed by atoms with van der Waals surface area (Å²) in [5, 5.41) is 3.71. The molecule has 0 bridgehead atoms. The van der Waals surface area contributed by atoms with E-state index in [1.54, 1.807) is 43.3 Å². The molecule has 0 saturated heterocycles. The fourth-order valence-electron chi connectivity index (χ4n) is 4.00. The summed E-state index contributed by atoms with van der Waals surface area (Å²) in [5.41, 5.74) is 3.91. The quantitative estimate of drug-likeness (QED) is 0.331. The number of fused-ring (bicyclic) bond motifs is 1. The van der Waals surface area contributed by atoms with Gasteiger partial charge in [-0.05, 0) is 59.7 Å². The second kappa shape index (κ2) is 10.3. The van der Waals surface area contributed by atoms with Gasteiger partial charge in [0.05, 0.1) is 10.6 Å². The lowest BCUT2D eigenvalue weighted by Crippen LogP contribution is -2.22. The molecule has 10 heteroatoms. The number of aryl methyl sites for hydroxylation is 1. The molecule has 6 nitrogen and oxygen atoms in total. The Morgan fingerprint density at radius 2 is 1.59 bits per heavy atom. The number of alkyl halides is 3. The van der Waals surface area contributed by atoms with Crippen LogP contribution >= 0.6 is 0 Å². The maximum absolute atomic E-state index is 12.7. The summed E-state index contributed by atoms with van der Waals surface area (Å²) in [7, 11) is -1.39. The summed E-state index contributed by atoms with van der Waals surface area (Å²) in [6, 6.07) is 19.5. The van der Waals surface area contributed by atoms with Crippen molar-refractivity contribution in [1.82, 2.24) is 9.88 Å². The first-order valence-electron chi connectivity index (χ1n) is 11.5. The minimum Gasteiger partial charge on any atom is -0.406 e. The number of benzene rings is 3. The third-order valence-electron chi connectivity index (χ3n) is 6.06. The Morgan fingerprint density at radius 3 is 2.22 bits per heavy atom. The van der Waals surface area contributed by atoms with Crippen molar-refractivity contribution >= 4 is 26.6 Å². The van der Waals surface area contributed by atoms with E-state index in [0.29, 0.717) is 12.0 Å². The van der Waals surface area contributed by atoms with Crippen molar-refractivity contribution < 1.29 is 31.1 Å². The molecule has 0 saturated carbocycles. The molecule has 0 spiro atoms. The highest BCUT2D eigenvalue weighted by atomic mass is 32.2. The molecule has 0 aliphatic rings. The standard InChI is InChI=1S/C27H25F3N2O4S/c1-3-37(34,35)24-11-6-19(7-12-24)17-31-26(33)20-8-13-25-21(15-20)16-22(32(25)2)14-18-4-9-23(10-5-18)36-27(28,29)30/h4-13,15-16H,3,14,17H2,1-2H3,(H,31,33). The largest absolute Gasteiger partial charge is 0.573 e. The maximum atomic E-state index is 12.7. The Morgan fingerprint density at radius 1 is 0.946 bits per heavy atom. The first kappa shape index (κ1) is 26.3. The van der Waals surface area contributed by atoms with E-state index in [2.05, 4.69) is 10.1 Å². The van der Waals surface area contributed by atoms with Gasteiger partial charge >= 0.3 is 6.36 Å². The molecular formula is C27H25F3N2O4S. The van der Waals surface area contributed by atoms with Crippen LogP contribution in [0.1, 0.15) is 34.1 Å². The number of carbonyl (C=O) groups excluding carboxylic acids is 1. The number of hydrogen-bond donors (Lipinski definition) is 1. The molecule has 0 radical (unpaired) electrons. The van der Waals surface area contributed by atoms with Crippen LogP contribution in [0.4, 0.5) is 13.2 Å². The lowest BCUT2D eigenvalue weighted by molar-refractivity contribution is -0.274. The molecule has 1 heterocycles. The van der Waals surface area contributed by atoms with E-state index in [1.165, 1.54) is 24.3 Å². The highest BCUT2D eigenvalue weighted by Gasteiger charge is 2.31. The molecule has 1 aromatic heterocycles. The minimum absolute atomic E-state index is 0.0238. The molecule has 1 N–H and O–H groups in total. The van der Waals surface area contributed by atoms with Crippen LogP contribution in [-0.2, 0) is 29.9 Å². The van der Waals surface area contributed by atoms with Crippen molar-refractivity contribution in [3.8, 4) is 5.75 Å². The molecule has 0 aliphatic heterocycles. The summed E-state index contributed by atoms with van der Waals surface area (Å²) in [6.07, 6.45) is -4.24. The van der Waals surface area contributed by atoms with Gasteiger partial charge in [0, 0.05) is 42.2 Å². The molecule has 194 valence electrons. The van der Waals surface area contributed by atoms with E-state index in [9.17, 15) is 26.4 Å². The maximum Gasteiger partial charge on any atom is 0.573 e. The summed E-state index contributed by atoms with van der Waals surface area (Å²) < 4.78 is 66.9. The first-order chi connectivity index (χ1) is 17.4. The lowest BCUT2D eigenvalue weighted by Gasteiger charge is -2.09. The van der Waals surface area contributed by atoms with Crippen LogP contribution in [0.25, 0.3) is 10.9 Å².